The largest absolute Gasteiger partial charge is 0.355 e. The molecule has 1 saturated heterocycles. The highest BCUT2D eigenvalue weighted by Crippen LogP contribution is 2.18. The predicted octanol–water partition coefficient (Wildman–Crippen LogP) is 0.669. The van der Waals surface area contributed by atoms with E-state index in [2.05, 4.69) is 25.8 Å². The van der Waals surface area contributed by atoms with E-state index in [1.54, 1.807) is 18.1 Å². The van der Waals surface area contributed by atoms with Gasteiger partial charge in [-0.2, -0.15) is 0 Å². The third-order valence-electron chi connectivity index (χ3n) is 3.19. The third-order valence-corrected chi connectivity index (χ3v) is 3.84. The van der Waals surface area contributed by atoms with Gasteiger partial charge in [-0.1, -0.05) is 0 Å². The molecule has 6 heteroatoms. The summed E-state index contributed by atoms with van der Waals surface area (Å²) in [5.74, 6) is 1.05. The lowest BCUT2D eigenvalue weighted by Gasteiger charge is -2.22. The van der Waals surface area contributed by atoms with Gasteiger partial charge in [0.05, 0.1) is 0 Å². The average molecular weight is 267 g/mol. The highest BCUT2D eigenvalue weighted by Gasteiger charge is 2.15. The maximum absolute atomic E-state index is 5.62. The second-order valence-corrected chi connectivity index (χ2v) is 5.22. The van der Waals surface area contributed by atoms with Gasteiger partial charge < -0.3 is 15.5 Å². The Morgan fingerprint density at radius 1 is 1.28 bits per heavy atom. The third kappa shape index (κ3) is 3.57. The van der Waals surface area contributed by atoms with Gasteiger partial charge in [-0.15, -0.1) is 11.8 Å². The molecule has 2 N–H and O–H groups in total. The SMILES string of the molecule is CSc1cc(N2CCCN(CCN)CC2)ncn1. The molecule has 0 atom stereocenters. The highest BCUT2D eigenvalue weighted by atomic mass is 32.2. The summed E-state index contributed by atoms with van der Waals surface area (Å²) in [5, 5.41) is 1.03. The predicted molar refractivity (Wildman–Crippen MR) is 76.1 cm³/mol. The minimum Gasteiger partial charge on any atom is -0.355 e. The highest BCUT2D eigenvalue weighted by molar-refractivity contribution is 7.98. The zero-order valence-electron chi connectivity index (χ0n) is 10.9. The summed E-state index contributed by atoms with van der Waals surface area (Å²) >= 11 is 1.66. The first-order valence-corrected chi connectivity index (χ1v) is 7.59. The molecule has 2 heterocycles. The van der Waals surface area contributed by atoms with Gasteiger partial charge in [0.2, 0.25) is 0 Å². The van der Waals surface area contributed by atoms with Crippen LogP contribution in [0.2, 0.25) is 0 Å². The van der Waals surface area contributed by atoms with Gasteiger partial charge in [-0.25, -0.2) is 9.97 Å². The number of thioether (sulfide) groups is 1. The van der Waals surface area contributed by atoms with Gasteiger partial charge in [-0.05, 0) is 19.2 Å². The van der Waals surface area contributed by atoms with E-state index in [1.807, 2.05) is 6.26 Å². The smallest absolute Gasteiger partial charge is 0.133 e. The van der Waals surface area contributed by atoms with Crippen LogP contribution in [0.5, 0.6) is 0 Å². The quantitative estimate of drug-likeness (QED) is 0.639. The van der Waals surface area contributed by atoms with Crippen molar-refractivity contribution in [2.75, 3.05) is 50.4 Å². The number of anilines is 1. The Morgan fingerprint density at radius 3 is 2.94 bits per heavy atom. The number of hydrogen-bond donors (Lipinski definition) is 1. The molecular weight excluding hydrogens is 246 g/mol. The van der Waals surface area contributed by atoms with Crippen molar-refractivity contribution in [3.05, 3.63) is 12.4 Å². The molecule has 1 aromatic rings. The van der Waals surface area contributed by atoms with Crippen molar-refractivity contribution in [3.8, 4) is 0 Å². The fourth-order valence-corrected chi connectivity index (χ4v) is 2.60. The Morgan fingerprint density at radius 2 is 2.17 bits per heavy atom. The van der Waals surface area contributed by atoms with Gasteiger partial charge >= 0.3 is 0 Å². The normalized spacial score (nSPS) is 17.8. The van der Waals surface area contributed by atoms with Crippen molar-refractivity contribution in [1.29, 1.82) is 0 Å². The summed E-state index contributed by atoms with van der Waals surface area (Å²) in [7, 11) is 0. The van der Waals surface area contributed by atoms with E-state index < -0.39 is 0 Å². The topological polar surface area (TPSA) is 58.3 Å². The summed E-state index contributed by atoms with van der Waals surface area (Å²) in [6, 6.07) is 2.07. The van der Waals surface area contributed by atoms with E-state index >= 15 is 0 Å². The lowest BCUT2D eigenvalue weighted by molar-refractivity contribution is 0.302. The molecule has 1 aromatic heterocycles. The molecule has 0 unspecified atom stereocenters. The first-order valence-electron chi connectivity index (χ1n) is 6.37. The van der Waals surface area contributed by atoms with Gasteiger partial charge in [0, 0.05) is 38.8 Å². The fourth-order valence-electron chi connectivity index (χ4n) is 2.22. The minimum absolute atomic E-state index is 0.740. The Hall–Kier alpha value is -0.850. The average Bonchev–Trinajstić information content (AvgIpc) is 2.65. The van der Waals surface area contributed by atoms with Crippen molar-refractivity contribution >= 4 is 17.6 Å². The molecule has 18 heavy (non-hydrogen) atoms. The van der Waals surface area contributed by atoms with Crippen molar-refractivity contribution < 1.29 is 0 Å². The number of nitrogens with zero attached hydrogens (tertiary/aromatic N) is 4. The van der Waals surface area contributed by atoms with E-state index in [1.165, 1.54) is 6.42 Å². The van der Waals surface area contributed by atoms with Gasteiger partial charge in [0.1, 0.15) is 17.2 Å². The van der Waals surface area contributed by atoms with Crippen LogP contribution in [0.25, 0.3) is 0 Å². The molecule has 5 nitrogen and oxygen atoms in total. The molecule has 100 valence electrons. The Bertz CT molecular complexity index is 373. The van der Waals surface area contributed by atoms with E-state index in [4.69, 9.17) is 5.73 Å². The van der Waals surface area contributed by atoms with Crippen LogP contribution in [0.1, 0.15) is 6.42 Å². The maximum Gasteiger partial charge on any atom is 0.133 e. The molecule has 0 saturated carbocycles. The van der Waals surface area contributed by atoms with Crippen LogP contribution in [0, 0.1) is 0 Å². The Balaban J connectivity index is 2.00. The van der Waals surface area contributed by atoms with Crippen LogP contribution in [-0.4, -0.2) is 60.4 Å². The van der Waals surface area contributed by atoms with Crippen molar-refractivity contribution in [1.82, 2.24) is 14.9 Å². The summed E-state index contributed by atoms with van der Waals surface area (Å²) in [5.41, 5.74) is 5.62. The fraction of sp³-hybridized carbons (Fsp3) is 0.667. The monoisotopic (exact) mass is 267 g/mol. The minimum atomic E-state index is 0.740. The number of hydrogen-bond acceptors (Lipinski definition) is 6. The van der Waals surface area contributed by atoms with E-state index in [0.29, 0.717) is 0 Å². The molecule has 1 fully saturated rings. The van der Waals surface area contributed by atoms with Gasteiger partial charge in [-0.3, -0.25) is 0 Å². The second-order valence-electron chi connectivity index (χ2n) is 4.39. The summed E-state index contributed by atoms with van der Waals surface area (Å²) in [6.07, 6.45) is 4.86. The van der Waals surface area contributed by atoms with Crippen LogP contribution >= 0.6 is 11.8 Å². The summed E-state index contributed by atoms with van der Waals surface area (Å²) in [6.45, 7) is 6.01. The lowest BCUT2D eigenvalue weighted by Crippen LogP contribution is -2.34. The van der Waals surface area contributed by atoms with Crippen LogP contribution in [0.15, 0.2) is 17.4 Å². The number of aromatic nitrogens is 2. The lowest BCUT2D eigenvalue weighted by atomic mass is 10.3. The second kappa shape index (κ2) is 6.92. The van der Waals surface area contributed by atoms with Crippen molar-refractivity contribution in [2.45, 2.75) is 11.4 Å². The van der Waals surface area contributed by atoms with Crippen molar-refractivity contribution in [2.24, 2.45) is 5.73 Å². The first-order chi connectivity index (χ1) is 8.83. The molecule has 0 aliphatic carbocycles. The zero-order valence-corrected chi connectivity index (χ0v) is 11.7. The zero-order chi connectivity index (χ0) is 12.8. The van der Waals surface area contributed by atoms with E-state index in [9.17, 15) is 0 Å². The molecule has 0 radical (unpaired) electrons. The van der Waals surface area contributed by atoms with Crippen molar-refractivity contribution in [3.63, 3.8) is 0 Å². The maximum atomic E-state index is 5.62. The summed E-state index contributed by atoms with van der Waals surface area (Å²) < 4.78 is 0. The van der Waals surface area contributed by atoms with Crippen LogP contribution in [-0.2, 0) is 0 Å². The Labute approximate surface area is 113 Å². The van der Waals surface area contributed by atoms with Crippen LogP contribution in [0.4, 0.5) is 5.82 Å². The molecule has 0 amide bonds. The van der Waals surface area contributed by atoms with E-state index in [-0.39, 0.29) is 0 Å². The molecule has 2 rings (SSSR count). The van der Waals surface area contributed by atoms with Gasteiger partial charge in [0.15, 0.2) is 0 Å². The molecule has 0 aromatic carbocycles. The van der Waals surface area contributed by atoms with Crippen LogP contribution in [0.3, 0.4) is 0 Å². The molecule has 1 aliphatic rings. The van der Waals surface area contributed by atoms with E-state index in [0.717, 1.165) is 50.1 Å². The van der Waals surface area contributed by atoms with Crippen LogP contribution < -0.4 is 10.6 Å². The standard InChI is InChI=1S/C12H21N5S/c1-18-12-9-11(14-10-15-12)17-5-2-4-16(6-3-13)7-8-17/h9-10H,2-8,13H2,1H3. The van der Waals surface area contributed by atoms with Gasteiger partial charge in [0.25, 0.3) is 0 Å². The molecule has 0 bridgehead atoms. The number of rotatable bonds is 4. The molecule has 1 aliphatic heterocycles. The number of nitrogens with two attached hydrogens (primary N) is 1. The first kappa shape index (κ1) is 13.6. The molecular formula is C12H21N5S. The molecule has 0 spiro atoms. The summed E-state index contributed by atoms with van der Waals surface area (Å²) in [4.78, 5) is 13.4. The Kier molecular flexibility index (Phi) is 5.22.